The number of carboxylic acid groups (broad SMARTS) is 1. The highest BCUT2D eigenvalue weighted by atomic mass is 35.5. The van der Waals surface area contributed by atoms with Gasteiger partial charge in [0.2, 0.25) is 10.0 Å². The van der Waals surface area contributed by atoms with Crippen molar-refractivity contribution in [3.8, 4) is 0 Å². The van der Waals surface area contributed by atoms with E-state index >= 15 is 0 Å². The van der Waals surface area contributed by atoms with Crippen LogP contribution in [0.5, 0.6) is 0 Å². The van der Waals surface area contributed by atoms with Crippen LogP contribution in [0.25, 0.3) is 10.9 Å². The molecule has 0 bridgehead atoms. The Morgan fingerprint density at radius 1 is 0.971 bits per heavy atom. The van der Waals surface area contributed by atoms with E-state index in [1.165, 1.54) is 30.3 Å². The number of aromatic carboxylic acids is 1. The molecule has 180 valence electrons. The van der Waals surface area contributed by atoms with Crippen molar-refractivity contribution in [3.05, 3.63) is 83.5 Å². The van der Waals surface area contributed by atoms with Crippen LogP contribution in [0, 0.1) is 0 Å². The predicted octanol–water partition coefficient (Wildman–Crippen LogP) is 3.78. The number of halogens is 1. The number of benzene rings is 3. The van der Waals surface area contributed by atoms with Gasteiger partial charge in [0, 0.05) is 16.1 Å². The van der Waals surface area contributed by atoms with Crippen LogP contribution in [0.2, 0.25) is 5.02 Å². The molecule has 0 aliphatic heterocycles. The second-order valence-corrected chi connectivity index (χ2v) is 11.0. The Labute approximate surface area is 205 Å². The van der Waals surface area contributed by atoms with Crippen molar-refractivity contribution in [2.45, 2.75) is 9.79 Å². The van der Waals surface area contributed by atoms with E-state index in [9.17, 15) is 26.7 Å². The SMILES string of the molecule is NS(=O)(=O)c1ccc(NS(=O)(=O)c2cnc3ccc(Cl)cc3c2Nc2ccccc2C(=O)O)cc1. The molecule has 0 amide bonds. The number of carboxylic acids is 1. The molecule has 0 fully saturated rings. The van der Waals surface area contributed by atoms with Crippen molar-refractivity contribution in [2.75, 3.05) is 10.0 Å². The van der Waals surface area contributed by atoms with Gasteiger partial charge in [-0.2, -0.15) is 0 Å². The number of nitrogens with one attached hydrogen (secondary N) is 2. The number of hydrogen-bond donors (Lipinski definition) is 4. The third-order valence-electron chi connectivity index (χ3n) is 4.94. The molecule has 0 radical (unpaired) electrons. The second-order valence-electron chi connectivity index (χ2n) is 7.31. The first-order valence-electron chi connectivity index (χ1n) is 9.79. The Bertz CT molecular complexity index is 1670. The number of primary sulfonamides is 1. The molecule has 3 aromatic carbocycles. The number of para-hydroxylation sites is 1. The zero-order valence-electron chi connectivity index (χ0n) is 17.6. The van der Waals surface area contributed by atoms with E-state index < -0.39 is 26.0 Å². The van der Waals surface area contributed by atoms with Crippen molar-refractivity contribution in [1.82, 2.24) is 4.98 Å². The lowest BCUT2D eigenvalue weighted by Gasteiger charge is -2.17. The minimum atomic E-state index is -4.30. The monoisotopic (exact) mass is 532 g/mol. The van der Waals surface area contributed by atoms with Gasteiger partial charge >= 0.3 is 5.97 Å². The largest absolute Gasteiger partial charge is 0.478 e. The summed E-state index contributed by atoms with van der Waals surface area (Å²) < 4.78 is 52.0. The number of carbonyl (C=O) groups is 1. The molecule has 35 heavy (non-hydrogen) atoms. The molecule has 0 unspecified atom stereocenters. The summed E-state index contributed by atoms with van der Waals surface area (Å²) >= 11 is 6.15. The van der Waals surface area contributed by atoms with E-state index in [1.807, 2.05) is 0 Å². The molecule has 0 saturated carbocycles. The molecule has 0 aliphatic rings. The number of pyridine rings is 1. The zero-order valence-corrected chi connectivity index (χ0v) is 20.0. The van der Waals surface area contributed by atoms with E-state index in [0.717, 1.165) is 18.3 Å². The van der Waals surface area contributed by atoms with Gasteiger partial charge in [-0.1, -0.05) is 23.7 Å². The molecule has 0 atom stereocenters. The number of fused-ring (bicyclic) bond motifs is 1. The Kier molecular flexibility index (Phi) is 6.38. The van der Waals surface area contributed by atoms with Gasteiger partial charge in [-0.3, -0.25) is 9.71 Å². The number of nitrogens with two attached hydrogens (primary N) is 1. The summed E-state index contributed by atoms with van der Waals surface area (Å²) in [6, 6.07) is 15.5. The molecule has 1 heterocycles. The fourth-order valence-electron chi connectivity index (χ4n) is 3.32. The molecule has 0 saturated heterocycles. The average molecular weight is 533 g/mol. The second kappa shape index (κ2) is 9.15. The van der Waals surface area contributed by atoms with Gasteiger partial charge in [0.15, 0.2) is 0 Å². The van der Waals surface area contributed by atoms with Gasteiger partial charge in [-0.15, -0.1) is 0 Å². The fraction of sp³-hybridized carbons (Fsp3) is 0. The molecule has 4 aromatic rings. The first kappa shape index (κ1) is 24.4. The lowest BCUT2D eigenvalue weighted by Crippen LogP contribution is -2.16. The van der Waals surface area contributed by atoms with Crippen LogP contribution in [-0.2, 0) is 20.0 Å². The van der Waals surface area contributed by atoms with Crippen LogP contribution in [-0.4, -0.2) is 32.9 Å². The highest BCUT2D eigenvalue weighted by Gasteiger charge is 2.24. The molecule has 5 N–H and O–H groups in total. The van der Waals surface area contributed by atoms with Gasteiger partial charge in [-0.05, 0) is 54.6 Å². The number of aromatic nitrogens is 1. The van der Waals surface area contributed by atoms with Crippen molar-refractivity contribution in [2.24, 2.45) is 5.14 Å². The maximum absolute atomic E-state index is 13.4. The van der Waals surface area contributed by atoms with E-state index in [4.69, 9.17) is 16.7 Å². The van der Waals surface area contributed by atoms with Crippen LogP contribution in [0.4, 0.5) is 17.1 Å². The lowest BCUT2D eigenvalue weighted by molar-refractivity contribution is 0.0698. The van der Waals surface area contributed by atoms with Crippen molar-refractivity contribution in [3.63, 3.8) is 0 Å². The minimum absolute atomic E-state index is 0.0554. The van der Waals surface area contributed by atoms with Crippen LogP contribution < -0.4 is 15.2 Å². The van der Waals surface area contributed by atoms with Crippen LogP contribution in [0.3, 0.4) is 0 Å². The first-order chi connectivity index (χ1) is 16.5. The Hall–Kier alpha value is -3.71. The van der Waals surface area contributed by atoms with E-state index in [0.29, 0.717) is 15.9 Å². The lowest BCUT2D eigenvalue weighted by atomic mass is 10.1. The summed E-state index contributed by atoms with van der Waals surface area (Å²) in [6.07, 6.45) is 1.13. The molecular formula is C22H17ClN4O6S2. The van der Waals surface area contributed by atoms with E-state index in [-0.39, 0.29) is 32.4 Å². The number of nitrogens with zero attached hydrogens (tertiary/aromatic N) is 1. The zero-order chi connectivity index (χ0) is 25.4. The van der Waals surface area contributed by atoms with Crippen LogP contribution >= 0.6 is 11.6 Å². The summed E-state index contributed by atoms with van der Waals surface area (Å²) in [5.74, 6) is -1.21. The number of hydrogen-bond acceptors (Lipinski definition) is 7. The first-order valence-corrected chi connectivity index (χ1v) is 13.2. The number of sulfonamides is 2. The van der Waals surface area contributed by atoms with E-state index in [1.54, 1.807) is 24.3 Å². The molecule has 0 spiro atoms. The van der Waals surface area contributed by atoms with Gasteiger partial charge in [0.1, 0.15) is 4.90 Å². The third kappa shape index (κ3) is 5.20. The Morgan fingerprint density at radius 2 is 1.66 bits per heavy atom. The summed E-state index contributed by atoms with van der Waals surface area (Å²) in [7, 11) is -8.25. The molecule has 0 aliphatic carbocycles. The Balaban J connectivity index is 1.85. The molecule has 13 heteroatoms. The van der Waals surface area contributed by atoms with Gasteiger partial charge in [-0.25, -0.2) is 26.8 Å². The topological polar surface area (TPSA) is 169 Å². The van der Waals surface area contributed by atoms with Gasteiger partial charge in [0.25, 0.3) is 10.0 Å². The highest BCUT2D eigenvalue weighted by Crippen LogP contribution is 2.35. The smallest absolute Gasteiger partial charge is 0.337 e. The maximum Gasteiger partial charge on any atom is 0.337 e. The Morgan fingerprint density at radius 3 is 2.31 bits per heavy atom. The summed E-state index contributed by atoms with van der Waals surface area (Å²) in [5.41, 5.74) is 0.623. The summed E-state index contributed by atoms with van der Waals surface area (Å²) in [6.45, 7) is 0. The van der Waals surface area contributed by atoms with Crippen molar-refractivity contribution >= 4 is 65.6 Å². The maximum atomic E-state index is 13.4. The van der Waals surface area contributed by atoms with Crippen LogP contribution in [0.15, 0.2) is 82.7 Å². The standard InChI is InChI=1S/C22H17ClN4O6S2/c23-13-5-10-18-17(11-13)21(26-19-4-2-1-3-16(19)22(28)29)20(12-25-18)35(32,33)27-14-6-8-15(9-7-14)34(24,30)31/h1-12,27H,(H,25,26)(H,28,29)(H2,24,30,31). The average Bonchev–Trinajstić information content (AvgIpc) is 2.79. The molecule has 1 aromatic heterocycles. The number of rotatable bonds is 7. The number of anilines is 3. The van der Waals surface area contributed by atoms with Crippen molar-refractivity contribution < 1.29 is 26.7 Å². The molecular weight excluding hydrogens is 516 g/mol. The summed E-state index contributed by atoms with van der Waals surface area (Å²) in [5, 5.41) is 18.2. The third-order valence-corrected chi connectivity index (χ3v) is 7.49. The van der Waals surface area contributed by atoms with E-state index in [2.05, 4.69) is 15.0 Å². The predicted molar refractivity (Wildman–Crippen MR) is 132 cm³/mol. The fourth-order valence-corrected chi connectivity index (χ4v) is 5.18. The van der Waals surface area contributed by atoms with Gasteiger partial charge < -0.3 is 10.4 Å². The highest BCUT2D eigenvalue weighted by molar-refractivity contribution is 7.93. The molecule has 4 rings (SSSR count). The van der Waals surface area contributed by atoms with Crippen molar-refractivity contribution in [1.29, 1.82) is 0 Å². The quantitative estimate of drug-likeness (QED) is 0.279. The minimum Gasteiger partial charge on any atom is -0.478 e. The normalized spacial score (nSPS) is 11.8. The van der Waals surface area contributed by atoms with Crippen LogP contribution in [0.1, 0.15) is 10.4 Å². The molecule has 10 nitrogen and oxygen atoms in total. The van der Waals surface area contributed by atoms with Gasteiger partial charge in [0.05, 0.1) is 33.5 Å². The summed E-state index contributed by atoms with van der Waals surface area (Å²) in [4.78, 5) is 15.4.